The number of hydrogen-bond acceptors (Lipinski definition) is 6. The number of benzene rings is 1. The summed E-state index contributed by atoms with van der Waals surface area (Å²) in [5.41, 5.74) is 3.33. The smallest absolute Gasteiger partial charge is 0.269 e. The fraction of sp³-hybridized carbons (Fsp3) is 0.333. The number of amides is 1. The Labute approximate surface area is 215 Å². The predicted octanol–water partition coefficient (Wildman–Crippen LogP) is 6.23. The summed E-state index contributed by atoms with van der Waals surface area (Å²) in [5.74, 6) is 0.851. The van der Waals surface area contributed by atoms with Crippen molar-refractivity contribution in [3.05, 3.63) is 74.0 Å². The van der Waals surface area contributed by atoms with Crippen molar-refractivity contribution in [3.63, 3.8) is 0 Å². The zero-order chi connectivity index (χ0) is 25.3. The fourth-order valence-electron chi connectivity index (χ4n) is 3.94. The van der Waals surface area contributed by atoms with E-state index in [9.17, 15) is 9.59 Å². The second-order valence-electron chi connectivity index (χ2n) is 9.01. The number of unbranched alkanes of at least 4 members (excludes halogenated alkanes) is 1. The van der Waals surface area contributed by atoms with Gasteiger partial charge in [-0.25, -0.2) is 0 Å². The molecule has 0 unspecified atom stereocenters. The number of hydrogen-bond donors (Lipinski definition) is 0. The summed E-state index contributed by atoms with van der Waals surface area (Å²) in [6.45, 7) is 10.7. The SMILES string of the molecule is CCCCN1C(=O)/C(=C\c2c(Oc3cc(C)ccc3C(C)C)nc3c(C)cccn3c2=O)SC1=S. The summed E-state index contributed by atoms with van der Waals surface area (Å²) >= 11 is 6.65. The average molecular weight is 508 g/mol. The summed E-state index contributed by atoms with van der Waals surface area (Å²) in [5, 5.41) is 0. The lowest BCUT2D eigenvalue weighted by molar-refractivity contribution is -0.122. The molecule has 0 saturated carbocycles. The van der Waals surface area contributed by atoms with Crippen LogP contribution in [-0.4, -0.2) is 31.1 Å². The number of aromatic nitrogens is 2. The number of nitrogens with zero attached hydrogens (tertiary/aromatic N) is 3. The predicted molar refractivity (Wildman–Crippen MR) is 146 cm³/mol. The van der Waals surface area contributed by atoms with Crippen LogP contribution in [-0.2, 0) is 4.79 Å². The van der Waals surface area contributed by atoms with E-state index in [0.29, 0.717) is 27.2 Å². The van der Waals surface area contributed by atoms with Crippen molar-refractivity contribution in [1.29, 1.82) is 0 Å². The summed E-state index contributed by atoms with van der Waals surface area (Å²) in [6, 6.07) is 9.73. The standard InChI is InChI=1S/C27H29N3O3S2/c1-6-7-12-30-26(32)22(35-27(30)34)15-20-24(28-23-18(5)9-8-13-29(23)25(20)31)33-21-14-17(4)10-11-19(21)16(2)3/h8-11,13-16H,6-7,12H2,1-5H3/b22-15+. The van der Waals surface area contributed by atoms with Crippen LogP contribution in [0, 0.1) is 13.8 Å². The Hall–Kier alpha value is -2.97. The molecular weight excluding hydrogens is 478 g/mol. The molecule has 1 amide bonds. The van der Waals surface area contributed by atoms with Crippen LogP contribution in [0.25, 0.3) is 11.7 Å². The third-order valence-corrected chi connectivity index (χ3v) is 7.31. The molecule has 4 rings (SSSR count). The first-order valence-electron chi connectivity index (χ1n) is 11.8. The lowest BCUT2D eigenvalue weighted by atomic mass is 10.0. The molecule has 1 saturated heterocycles. The molecule has 1 aromatic carbocycles. The van der Waals surface area contributed by atoms with Crippen molar-refractivity contribution >= 4 is 45.9 Å². The lowest BCUT2D eigenvalue weighted by Crippen LogP contribution is -2.29. The highest BCUT2D eigenvalue weighted by molar-refractivity contribution is 8.26. The number of thiocarbonyl (C=S) groups is 1. The maximum Gasteiger partial charge on any atom is 0.269 e. The number of fused-ring (bicyclic) bond motifs is 1. The van der Waals surface area contributed by atoms with E-state index in [0.717, 1.165) is 29.5 Å². The van der Waals surface area contributed by atoms with E-state index in [1.807, 2.05) is 38.1 Å². The summed E-state index contributed by atoms with van der Waals surface area (Å²) in [7, 11) is 0. The van der Waals surface area contributed by atoms with E-state index >= 15 is 0 Å². The largest absolute Gasteiger partial charge is 0.438 e. The van der Waals surface area contributed by atoms with Crippen LogP contribution < -0.4 is 10.3 Å². The molecule has 8 heteroatoms. The van der Waals surface area contributed by atoms with Gasteiger partial charge in [0, 0.05) is 12.7 Å². The minimum absolute atomic E-state index is 0.177. The maximum atomic E-state index is 13.6. The molecule has 0 aliphatic carbocycles. The van der Waals surface area contributed by atoms with Crippen molar-refractivity contribution < 1.29 is 9.53 Å². The van der Waals surface area contributed by atoms with E-state index in [4.69, 9.17) is 21.9 Å². The van der Waals surface area contributed by atoms with Gasteiger partial charge in [-0.1, -0.05) is 69.4 Å². The van der Waals surface area contributed by atoms with Gasteiger partial charge in [0.05, 0.1) is 4.91 Å². The minimum atomic E-state index is -0.300. The summed E-state index contributed by atoms with van der Waals surface area (Å²) in [4.78, 5) is 33.5. The van der Waals surface area contributed by atoms with E-state index < -0.39 is 0 Å². The third kappa shape index (κ3) is 5.04. The molecule has 1 fully saturated rings. The van der Waals surface area contributed by atoms with Crippen LogP contribution in [0.4, 0.5) is 0 Å². The Balaban J connectivity index is 1.89. The number of aryl methyl sites for hydroxylation is 2. The van der Waals surface area contributed by atoms with Gasteiger partial charge >= 0.3 is 0 Å². The van der Waals surface area contributed by atoms with Gasteiger partial charge in [-0.3, -0.25) is 18.9 Å². The van der Waals surface area contributed by atoms with Crippen LogP contribution in [0.5, 0.6) is 11.6 Å². The third-order valence-electron chi connectivity index (χ3n) is 5.93. The molecule has 0 N–H and O–H groups in total. The highest BCUT2D eigenvalue weighted by Crippen LogP contribution is 2.36. The normalized spacial score (nSPS) is 15.1. The Morgan fingerprint density at radius 2 is 1.97 bits per heavy atom. The van der Waals surface area contributed by atoms with Crippen molar-refractivity contribution in [2.45, 2.75) is 53.4 Å². The molecule has 3 heterocycles. The highest BCUT2D eigenvalue weighted by Gasteiger charge is 2.32. The highest BCUT2D eigenvalue weighted by atomic mass is 32.2. The van der Waals surface area contributed by atoms with Gasteiger partial charge < -0.3 is 4.74 Å². The van der Waals surface area contributed by atoms with Gasteiger partial charge in [0.2, 0.25) is 5.88 Å². The Morgan fingerprint density at radius 1 is 1.20 bits per heavy atom. The molecule has 2 aromatic heterocycles. The van der Waals surface area contributed by atoms with Crippen molar-refractivity contribution in [3.8, 4) is 11.6 Å². The van der Waals surface area contributed by atoms with Gasteiger partial charge in [-0.15, -0.1) is 0 Å². The van der Waals surface area contributed by atoms with Crippen LogP contribution >= 0.6 is 24.0 Å². The Bertz CT molecular complexity index is 1410. The minimum Gasteiger partial charge on any atom is -0.438 e. The molecule has 6 nitrogen and oxygen atoms in total. The average Bonchev–Trinajstić information content (AvgIpc) is 3.07. The molecule has 0 spiro atoms. The van der Waals surface area contributed by atoms with Crippen molar-refractivity contribution in [2.24, 2.45) is 0 Å². The molecule has 1 aliphatic rings. The second-order valence-corrected chi connectivity index (χ2v) is 10.7. The zero-order valence-corrected chi connectivity index (χ0v) is 22.3. The monoisotopic (exact) mass is 507 g/mol. The number of pyridine rings is 1. The molecule has 0 atom stereocenters. The van der Waals surface area contributed by atoms with Crippen LogP contribution in [0.3, 0.4) is 0 Å². The van der Waals surface area contributed by atoms with Gasteiger partial charge in [0.1, 0.15) is 21.3 Å². The van der Waals surface area contributed by atoms with Crippen LogP contribution in [0.15, 0.2) is 46.2 Å². The molecule has 0 radical (unpaired) electrons. The van der Waals surface area contributed by atoms with Crippen molar-refractivity contribution in [2.75, 3.05) is 6.54 Å². The number of carbonyl (C=O) groups is 1. The maximum absolute atomic E-state index is 13.6. The number of ether oxygens (including phenoxy) is 1. The van der Waals surface area contributed by atoms with Gasteiger partial charge in [0.25, 0.3) is 11.5 Å². The van der Waals surface area contributed by atoms with Crippen molar-refractivity contribution in [1.82, 2.24) is 14.3 Å². The Kier molecular flexibility index (Phi) is 7.42. The fourth-order valence-corrected chi connectivity index (χ4v) is 5.23. The van der Waals surface area contributed by atoms with Gasteiger partial charge in [-0.2, -0.15) is 4.98 Å². The summed E-state index contributed by atoms with van der Waals surface area (Å²) in [6.07, 6.45) is 5.07. The number of thioether (sulfide) groups is 1. The molecule has 3 aromatic rings. The quantitative estimate of drug-likeness (QED) is 0.279. The molecule has 182 valence electrons. The lowest BCUT2D eigenvalue weighted by Gasteiger charge is -2.16. The number of carbonyl (C=O) groups excluding carboxylic acids is 1. The Morgan fingerprint density at radius 3 is 2.69 bits per heavy atom. The molecule has 1 aliphatic heterocycles. The second kappa shape index (κ2) is 10.3. The molecular formula is C27H29N3O3S2. The van der Waals surface area contributed by atoms with E-state index in [-0.39, 0.29) is 28.8 Å². The zero-order valence-electron chi connectivity index (χ0n) is 20.6. The molecule has 35 heavy (non-hydrogen) atoms. The molecule has 0 bridgehead atoms. The summed E-state index contributed by atoms with van der Waals surface area (Å²) < 4.78 is 8.35. The van der Waals surface area contributed by atoms with Gasteiger partial charge in [-0.05, 0) is 61.1 Å². The first kappa shape index (κ1) is 25.1. The van der Waals surface area contributed by atoms with E-state index in [1.54, 1.807) is 23.2 Å². The van der Waals surface area contributed by atoms with E-state index in [1.165, 1.54) is 16.2 Å². The van der Waals surface area contributed by atoms with E-state index in [2.05, 4.69) is 20.8 Å². The van der Waals surface area contributed by atoms with Crippen LogP contribution in [0.2, 0.25) is 0 Å². The van der Waals surface area contributed by atoms with Gasteiger partial charge in [0.15, 0.2) is 0 Å². The first-order valence-corrected chi connectivity index (χ1v) is 13.0. The van der Waals surface area contributed by atoms with Crippen LogP contribution in [0.1, 0.15) is 61.8 Å². The first-order chi connectivity index (χ1) is 16.7. The topological polar surface area (TPSA) is 63.9 Å². The number of rotatable bonds is 7.